The number of rotatable bonds is 5. The van der Waals surface area contributed by atoms with Crippen molar-refractivity contribution < 1.29 is 9.53 Å². The SMILES string of the molecule is COc1cc(CNC(=O)Nc2ccc(N3CCCCC3)c(Cl)c2)ccn1. The lowest BCUT2D eigenvalue weighted by Crippen LogP contribution is -2.30. The average Bonchev–Trinajstić information content (AvgIpc) is 2.67. The van der Waals surface area contributed by atoms with E-state index in [1.165, 1.54) is 19.3 Å². The summed E-state index contributed by atoms with van der Waals surface area (Å²) in [6.45, 7) is 2.44. The number of piperidine rings is 1. The van der Waals surface area contributed by atoms with E-state index in [1.54, 1.807) is 25.4 Å². The van der Waals surface area contributed by atoms with Crippen LogP contribution in [0.25, 0.3) is 0 Å². The molecule has 0 unspecified atom stereocenters. The van der Waals surface area contributed by atoms with Crippen LogP contribution in [0, 0.1) is 0 Å². The number of carbonyl (C=O) groups excluding carboxylic acids is 1. The molecule has 0 radical (unpaired) electrons. The molecular formula is C19H23ClN4O2. The maximum atomic E-state index is 12.1. The van der Waals surface area contributed by atoms with Gasteiger partial charge >= 0.3 is 6.03 Å². The van der Waals surface area contributed by atoms with E-state index in [0.717, 1.165) is 24.3 Å². The fourth-order valence-corrected chi connectivity index (χ4v) is 3.31. The van der Waals surface area contributed by atoms with E-state index in [-0.39, 0.29) is 6.03 Å². The molecule has 1 aliphatic rings. The second kappa shape index (κ2) is 8.76. The monoisotopic (exact) mass is 374 g/mol. The number of methoxy groups -OCH3 is 1. The molecule has 2 N–H and O–H groups in total. The third-order valence-electron chi connectivity index (χ3n) is 4.36. The van der Waals surface area contributed by atoms with Crippen molar-refractivity contribution in [3.8, 4) is 5.88 Å². The van der Waals surface area contributed by atoms with E-state index >= 15 is 0 Å². The summed E-state index contributed by atoms with van der Waals surface area (Å²) in [4.78, 5) is 18.5. The van der Waals surface area contributed by atoms with Crippen molar-refractivity contribution in [3.63, 3.8) is 0 Å². The second-order valence-electron chi connectivity index (χ2n) is 6.23. The molecule has 2 heterocycles. The molecule has 1 fully saturated rings. The first-order chi connectivity index (χ1) is 12.7. The van der Waals surface area contributed by atoms with Crippen molar-refractivity contribution >= 4 is 29.0 Å². The van der Waals surface area contributed by atoms with Gasteiger partial charge in [0.2, 0.25) is 5.88 Å². The van der Waals surface area contributed by atoms with Gasteiger partial charge in [0, 0.05) is 37.6 Å². The third-order valence-corrected chi connectivity index (χ3v) is 4.67. The molecule has 3 rings (SSSR count). The number of urea groups is 1. The Kier molecular flexibility index (Phi) is 6.17. The zero-order valence-electron chi connectivity index (χ0n) is 14.8. The Balaban J connectivity index is 1.56. The molecule has 0 bridgehead atoms. The zero-order chi connectivity index (χ0) is 18.4. The molecule has 0 aliphatic carbocycles. The van der Waals surface area contributed by atoms with Crippen molar-refractivity contribution in [1.82, 2.24) is 10.3 Å². The van der Waals surface area contributed by atoms with Crippen molar-refractivity contribution in [1.29, 1.82) is 0 Å². The number of benzene rings is 1. The predicted octanol–water partition coefficient (Wildman–Crippen LogP) is 4.06. The Morgan fingerprint density at radius 1 is 1.23 bits per heavy atom. The lowest BCUT2D eigenvalue weighted by molar-refractivity contribution is 0.251. The van der Waals surface area contributed by atoms with Gasteiger partial charge in [-0.15, -0.1) is 0 Å². The number of halogens is 1. The highest BCUT2D eigenvalue weighted by atomic mass is 35.5. The van der Waals surface area contributed by atoms with Gasteiger partial charge in [-0.3, -0.25) is 0 Å². The van der Waals surface area contributed by atoms with Gasteiger partial charge in [-0.25, -0.2) is 9.78 Å². The van der Waals surface area contributed by atoms with Crippen LogP contribution in [0.4, 0.5) is 16.2 Å². The number of nitrogens with zero attached hydrogens (tertiary/aromatic N) is 2. The van der Waals surface area contributed by atoms with Crippen molar-refractivity contribution in [2.45, 2.75) is 25.8 Å². The van der Waals surface area contributed by atoms with Crippen LogP contribution >= 0.6 is 11.6 Å². The van der Waals surface area contributed by atoms with E-state index in [9.17, 15) is 4.79 Å². The summed E-state index contributed by atoms with van der Waals surface area (Å²) in [5, 5.41) is 6.28. The number of anilines is 2. The van der Waals surface area contributed by atoms with E-state index in [0.29, 0.717) is 23.1 Å². The maximum absolute atomic E-state index is 12.1. The van der Waals surface area contributed by atoms with Crippen LogP contribution in [-0.2, 0) is 6.54 Å². The molecule has 1 aliphatic heterocycles. The molecule has 7 heteroatoms. The normalized spacial score (nSPS) is 14.0. The Labute approximate surface area is 158 Å². The molecule has 138 valence electrons. The number of aromatic nitrogens is 1. The fraction of sp³-hybridized carbons (Fsp3) is 0.368. The van der Waals surface area contributed by atoms with Gasteiger partial charge in [-0.05, 0) is 49.1 Å². The molecule has 0 atom stereocenters. The van der Waals surface area contributed by atoms with Crippen LogP contribution in [0.15, 0.2) is 36.5 Å². The molecule has 1 saturated heterocycles. The summed E-state index contributed by atoms with van der Waals surface area (Å²) in [7, 11) is 1.56. The smallest absolute Gasteiger partial charge is 0.319 e. The van der Waals surface area contributed by atoms with Crippen LogP contribution in [-0.4, -0.2) is 31.2 Å². The summed E-state index contributed by atoms with van der Waals surface area (Å²) < 4.78 is 5.07. The van der Waals surface area contributed by atoms with Gasteiger partial charge < -0.3 is 20.3 Å². The predicted molar refractivity (Wildman–Crippen MR) is 104 cm³/mol. The zero-order valence-corrected chi connectivity index (χ0v) is 15.6. The van der Waals surface area contributed by atoms with Crippen molar-refractivity contribution in [2.75, 3.05) is 30.4 Å². The van der Waals surface area contributed by atoms with Crippen molar-refractivity contribution in [3.05, 3.63) is 47.1 Å². The Morgan fingerprint density at radius 2 is 2.04 bits per heavy atom. The Bertz CT molecular complexity index is 763. The molecule has 1 aromatic heterocycles. The van der Waals surface area contributed by atoms with Crippen LogP contribution in [0.5, 0.6) is 5.88 Å². The highest BCUT2D eigenvalue weighted by Gasteiger charge is 2.14. The highest BCUT2D eigenvalue weighted by molar-refractivity contribution is 6.33. The minimum Gasteiger partial charge on any atom is -0.481 e. The molecule has 2 amide bonds. The minimum atomic E-state index is -0.289. The lowest BCUT2D eigenvalue weighted by Gasteiger charge is -2.29. The number of amides is 2. The maximum Gasteiger partial charge on any atom is 0.319 e. The molecule has 1 aromatic carbocycles. The number of hydrogen-bond acceptors (Lipinski definition) is 4. The Morgan fingerprint density at radius 3 is 2.77 bits per heavy atom. The largest absolute Gasteiger partial charge is 0.481 e. The first kappa shape index (κ1) is 18.3. The average molecular weight is 375 g/mol. The summed E-state index contributed by atoms with van der Waals surface area (Å²) in [6, 6.07) is 8.96. The fourth-order valence-electron chi connectivity index (χ4n) is 3.01. The van der Waals surface area contributed by atoms with Gasteiger partial charge in [-0.1, -0.05) is 11.6 Å². The summed E-state index contributed by atoms with van der Waals surface area (Å²) in [5.41, 5.74) is 2.60. The summed E-state index contributed by atoms with van der Waals surface area (Å²) in [5.74, 6) is 0.518. The van der Waals surface area contributed by atoms with Gasteiger partial charge in [0.25, 0.3) is 0 Å². The number of nitrogens with one attached hydrogen (secondary N) is 2. The molecule has 2 aromatic rings. The summed E-state index contributed by atoms with van der Waals surface area (Å²) in [6.07, 6.45) is 5.31. The first-order valence-corrected chi connectivity index (χ1v) is 9.12. The van der Waals surface area contributed by atoms with Crippen LogP contribution in [0.2, 0.25) is 5.02 Å². The molecular weight excluding hydrogens is 352 g/mol. The minimum absolute atomic E-state index is 0.289. The highest BCUT2D eigenvalue weighted by Crippen LogP contribution is 2.30. The quantitative estimate of drug-likeness (QED) is 0.828. The van der Waals surface area contributed by atoms with Gasteiger partial charge in [0.15, 0.2) is 0 Å². The van der Waals surface area contributed by atoms with Gasteiger partial charge in [-0.2, -0.15) is 0 Å². The van der Waals surface area contributed by atoms with E-state index in [1.807, 2.05) is 18.2 Å². The topological polar surface area (TPSA) is 66.5 Å². The number of hydrogen-bond donors (Lipinski definition) is 2. The van der Waals surface area contributed by atoms with Crippen molar-refractivity contribution in [2.24, 2.45) is 0 Å². The third kappa shape index (κ3) is 4.79. The van der Waals surface area contributed by atoms with E-state index in [4.69, 9.17) is 16.3 Å². The number of ether oxygens (including phenoxy) is 1. The van der Waals surface area contributed by atoms with Crippen LogP contribution in [0.3, 0.4) is 0 Å². The standard InChI is InChI=1S/C19H23ClN4O2/c1-26-18-11-14(7-8-21-18)13-22-19(25)23-15-5-6-17(16(20)12-15)24-9-3-2-4-10-24/h5-8,11-12H,2-4,9-10,13H2,1H3,(H2,22,23,25). The first-order valence-electron chi connectivity index (χ1n) is 8.74. The summed E-state index contributed by atoms with van der Waals surface area (Å²) >= 11 is 6.42. The van der Waals surface area contributed by atoms with Crippen LogP contribution in [0.1, 0.15) is 24.8 Å². The molecule has 26 heavy (non-hydrogen) atoms. The van der Waals surface area contributed by atoms with Gasteiger partial charge in [0.1, 0.15) is 0 Å². The van der Waals surface area contributed by atoms with Gasteiger partial charge in [0.05, 0.1) is 17.8 Å². The van der Waals surface area contributed by atoms with E-state index < -0.39 is 0 Å². The molecule has 0 saturated carbocycles. The van der Waals surface area contributed by atoms with E-state index in [2.05, 4.69) is 20.5 Å². The van der Waals surface area contributed by atoms with Crippen LogP contribution < -0.4 is 20.3 Å². The number of pyridine rings is 1. The molecule has 0 spiro atoms. The molecule has 6 nitrogen and oxygen atoms in total. The second-order valence-corrected chi connectivity index (χ2v) is 6.64. The number of carbonyl (C=O) groups is 1. The Hall–Kier alpha value is -2.47. The lowest BCUT2D eigenvalue weighted by atomic mass is 10.1.